The molecule has 0 aliphatic rings. The third kappa shape index (κ3) is 4.87. The van der Waals surface area contributed by atoms with E-state index in [1.165, 1.54) is 10.3 Å². The summed E-state index contributed by atoms with van der Waals surface area (Å²) in [6.45, 7) is 2.92. The number of thiazole rings is 1. The third-order valence-corrected chi connectivity index (χ3v) is 6.07. The van der Waals surface area contributed by atoms with E-state index in [-0.39, 0.29) is 5.91 Å². The van der Waals surface area contributed by atoms with Crippen LogP contribution in [0.5, 0.6) is 0 Å². The molecule has 3 aromatic rings. The zero-order valence-corrected chi connectivity index (χ0v) is 16.3. The number of terminal acetylenes is 1. The fraction of sp³-hybridized carbons (Fsp3) is 0.238. The van der Waals surface area contributed by atoms with Gasteiger partial charge in [0.15, 0.2) is 0 Å². The molecule has 1 aromatic heterocycles. The van der Waals surface area contributed by atoms with Crippen molar-refractivity contribution in [3.8, 4) is 12.3 Å². The molecule has 1 amide bonds. The number of hydrogen-bond donors (Lipinski definition) is 0. The lowest BCUT2D eigenvalue weighted by molar-refractivity contribution is -0.128. The zero-order chi connectivity index (χ0) is 18.4. The number of carbonyl (C=O) groups is 1. The predicted octanol–water partition coefficient (Wildman–Crippen LogP) is 4.50. The molecule has 0 N–H and O–H groups in total. The maximum atomic E-state index is 12.6. The molecule has 0 saturated heterocycles. The Morgan fingerprint density at radius 1 is 1.23 bits per heavy atom. The van der Waals surface area contributed by atoms with Gasteiger partial charge in [0.2, 0.25) is 5.91 Å². The Morgan fingerprint density at radius 2 is 2.00 bits per heavy atom. The summed E-state index contributed by atoms with van der Waals surface area (Å²) in [5, 5.41) is 1.05. The number of aromatic nitrogens is 1. The van der Waals surface area contributed by atoms with Crippen molar-refractivity contribution in [1.29, 1.82) is 0 Å². The second kappa shape index (κ2) is 8.88. The van der Waals surface area contributed by atoms with Gasteiger partial charge in [-0.1, -0.05) is 47.9 Å². The molecule has 2 aromatic carbocycles. The molecule has 0 fully saturated rings. The van der Waals surface area contributed by atoms with Crippen LogP contribution in [0.4, 0.5) is 0 Å². The van der Waals surface area contributed by atoms with E-state index in [0.29, 0.717) is 18.8 Å². The van der Waals surface area contributed by atoms with Gasteiger partial charge in [0.05, 0.1) is 22.5 Å². The van der Waals surface area contributed by atoms with E-state index in [0.717, 1.165) is 21.8 Å². The minimum absolute atomic E-state index is 0.0645. The highest BCUT2D eigenvalue weighted by Crippen LogP contribution is 2.25. The Morgan fingerprint density at radius 3 is 2.73 bits per heavy atom. The van der Waals surface area contributed by atoms with Crippen molar-refractivity contribution in [2.24, 2.45) is 0 Å². The van der Waals surface area contributed by atoms with Gasteiger partial charge in [0.1, 0.15) is 5.01 Å². The summed E-state index contributed by atoms with van der Waals surface area (Å²) in [6.07, 6.45) is 5.45. The van der Waals surface area contributed by atoms with E-state index in [4.69, 9.17) is 6.42 Å². The quantitative estimate of drug-likeness (QED) is 0.566. The molecule has 0 spiro atoms. The molecule has 3 nitrogen and oxygen atoms in total. The fourth-order valence-electron chi connectivity index (χ4n) is 2.55. The summed E-state index contributed by atoms with van der Waals surface area (Å²) in [5.74, 6) is 3.80. The number of rotatable bonds is 7. The number of aryl methyl sites for hydroxylation is 1. The number of fused-ring (bicyclic) bond motifs is 1. The standard InChI is InChI=1S/C21H20N2OS2/c1-3-12-23(13-17-10-8-16(2)9-11-17)21(24)15-25-14-20-22-18-6-4-5-7-19(18)26-20/h1,4-11H,12-15H2,2H3. The van der Waals surface area contributed by atoms with Crippen LogP contribution in [0.25, 0.3) is 10.2 Å². The lowest BCUT2D eigenvalue weighted by Gasteiger charge is -2.20. The highest BCUT2D eigenvalue weighted by Gasteiger charge is 2.14. The van der Waals surface area contributed by atoms with E-state index in [1.54, 1.807) is 28.0 Å². The Labute approximate surface area is 162 Å². The maximum Gasteiger partial charge on any atom is 0.233 e. The van der Waals surface area contributed by atoms with Crippen LogP contribution in [0.1, 0.15) is 16.1 Å². The number of para-hydroxylation sites is 1. The number of nitrogens with zero attached hydrogens (tertiary/aromatic N) is 2. The monoisotopic (exact) mass is 380 g/mol. The first kappa shape index (κ1) is 18.5. The number of hydrogen-bond acceptors (Lipinski definition) is 4. The van der Waals surface area contributed by atoms with Crippen molar-refractivity contribution >= 4 is 39.2 Å². The zero-order valence-electron chi connectivity index (χ0n) is 14.6. The summed E-state index contributed by atoms with van der Waals surface area (Å²) in [5.41, 5.74) is 3.32. The summed E-state index contributed by atoms with van der Waals surface area (Å²) >= 11 is 3.27. The SMILES string of the molecule is C#CCN(Cc1ccc(C)cc1)C(=O)CSCc1nc2ccccc2s1. The fourth-order valence-corrected chi connectivity index (χ4v) is 4.50. The molecule has 5 heteroatoms. The molecular formula is C21H20N2OS2. The van der Waals surface area contributed by atoms with Gasteiger partial charge in [0, 0.05) is 12.3 Å². The molecule has 0 saturated carbocycles. The number of benzene rings is 2. The minimum atomic E-state index is 0.0645. The van der Waals surface area contributed by atoms with Crippen molar-refractivity contribution in [2.45, 2.75) is 19.2 Å². The van der Waals surface area contributed by atoms with Crippen molar-refractivity contribution in [2.75, 3.05) is 12.3 Å². The molecule has 26 heavy (non-hydrogen) atoms. The highest BCUT2D eigenvalue weighted by molar-refractivity contribution is 7.99. The lowest BCUT2D eigenvalue weighted by Crippen LogP contribution is -2.32. The molecule has 0 bridgehead atoms. The van der Waals surface area contributed by atoms with Gasteiger partial charge in [-0.05, 0) is 24.6 Å². The molecule has 3 rings (SSSR count). The van der Waals surface area contributed by atoms with Crippen LogP contribution >= 0.6 is 23.1 Å². The van der Waals surface area contributed by atoms with Crippen LogP contribution in [-0.2, 0) is 17.1 Å². The van der Waals surface area contributed by atoms with Crippen LogP contribution < -0.4 is 0 Å². The van der Waals surface area contributed by atoms with Gasteiger partial charge in [-0.15, -0.1) is 29.5 Å². The first-order chi connectivity index (χ1) is 12.7. The normalized spacial score (nSPS) is 10.6. The Kier molecular flexibility index (Phi) is 6.32. The molecular weight excluding hydrogens is 360 g/mol. The average Bonchev–Trinajstić information content (AvgIpc) is 3.06. The van der Waals surface area contributed by atoms with E-state index < -0.39 is 0 Å². The van der Waals surface area contributed by atoms with Crippen molar-refractivity contribution in [3.05, 3.63) is 64.7 Å². The minimum Gasteiger partial charge on any atom is -0.327 e. The molecule has 132 valence electrons. The lowest BCUT2D eigenvalue weighted by atomic mass is 10.1. The predicted molar refractivity (Wildman–Crippen MR) is 111 cm³/mol. The molecule has 0 aliphatic carbocycles. The Bertz CT molecular complexity index is 892. The second-order valence-electron chi connectivity index (χ2n) is 6.01. The first-order valence-corrected chi connectivity index (χ1v) is 10.3. The Hall–Kier alpha value is -2.29. The van der Waals surface area contributed by atoms with Gasteiger partial charge in [0.25, 0.3) is 0 Å². The topological polar surface area (TPSA) is 33.2 Å². The summed E-state index contributed by atoms with van der Waals surface area (Å²) in [6, 6.07) is 16.3. The molecule has 0 radical (unpaired) electrons. The maximum absolute atomic E-state index is 12.6. The van der Waals surface area contributed by atoms with Crippen LogP contribution in [0.2, 0.25) is 0 Å². The van der Waals surface area contributed by atoms with Crippen LogP contribution in [-0.4, -0.2) is 28.1 Å². The number of carbonyl (C=O) groups excluding carboxylic acids is 1. The summed E-state index contributed by atoms with van der Waals surface area (Å²) in [7, 11) is 0. The van der Waals surface area contributed by atoms with Crippen molar-refractivity contribution in [1.82, 2.24) is 9.88 Å². The van der Waals surface area contributed by atoms with Gasteiger partial charge >= 0.3 is 0 Å². The van der Waals surface area contributed by atoms with Crippen molar-refractivity contribution in [3.63, 3.8) is 0 Å². The van der Waals surface area contributed by atoms with Crippen LogP contribution in [0.15, 0.2) is 48.5 Å². The van der Waals surface area contributed by atoms with Gasteiger partial charge in [-0.2, -0.15) is 0 Å². The van der Waals surface area contributed by atoms with E-state index in [9.17, 15) is 4.79 Å². The third-order valence-electron chi connectivity index (χ3n) is 3.92. The molecule has 0 atom stereocenters. The van der Waals surface area contributed by atoms with E-state index in [2.05, 4.69) is 29.1 Å². The van der Waals surface area contributed by atoms with Gasteiger partial charge in [-0.25, -0.2) is 4.98 Å². The van der Waals surface area contributed by atoms with Crippen molar-refractivity contribution < 1.29 is 4.79 Å². The summed E-state index contributed by atoms with van der Waals surface area (Å²) < 4.78 is 1.18. The van der Waals surface area contributed by atoms with Gasteiger partial charge in [-0.3, -0.25) is 4.79 Å². The number of thioether (sulfide) groups is 1. The second-order valence-corrected chi connectivity index (χ2v) is 8.11. The van der Waals surface area contributed by atoms with Crippen LogP contribution in [0, 0.1) is 19.3 Å². The Balaban J connectivity index is 1.55. The molecule has 0 unspecified atom stereocenters. The molecule has 0 aliphatic heterocycles. The van der Waals surface area contributed by atoms with E-state index >= 15 is 0 Å². The first-order valence-electron chi connectivity index (χ1n) is 8.34. The summed E-state index contributed by atoms with van der Waals surface area (Å²) in [4.78, 5) is 18.9. The largest absolute Gasteiger partial charge is 0.327 e. The van der Waals surface area contributed by atoms with Crippen LogP contribution in [0.3, 0.4) is 0 Å². The smallest absolute Gasteiger partial charge is 0.233 e. The highest BCUT2D eigenvalue weighted by atomic mass is 32.2. The number of amides is 1. The molecule has 1 heterocycles. The van der Waals surface area contributed by atoms with Gasteiger partial charge < -0.3 is 4.90 Å². The van der Waals surface area contributed by atoms with E-state index in [1.807, 2.05) is 37.3 Å². The average molecular weight is 381 g/mol.